The van der Waals surface area contributed by atoms with E-state index in [1.807, 2.05) is 20.8 Å². The van der Waals surface area contributed by atoms with Gasteiger partial charge in [-0.2, -0.15) is 0 Å². The molecule has 0 aliphatic rings. The summed E-state index contributed by atoms with van der Waals surface area (Å²) in [6.45, 7) is 6.56. The zero-order valence-corrected chi connectivity index (χ0v) is 9.99. The van der Waals surface area contributed by atoms with Crippen LogP contribution in [0.25, 0.3) is 0 Å². The minimum Gasteiger partial charge on any atom is -0.391 e. The number of amides is 1. The summed E-state index contributed by atoms with van der Waals surface area (Å²) in [4.78, 5) is 11.6. The number of aliphatic hydroxyl groups is 1. The number of nitrogens with two attached hydrogens (primary N) is 1. The number of hydrogen-bond donors (Lipinski definition) is 3. The lowest BCUT2D eigenvalue weighted by Crippen LogP contribution is -2.40. The van der Waals surface area contributed by atoms with Crippen LogP contribution in [0.4, 0.5) is 0 Å². The van der Waals surface area contributed by atoms with Gasteiger partial charge in [-0.1, -0.05) is 27.2 Å². The molecule has 0 spiro atoms. The Morgan fingerprint density at radius 1 is 1.47 bits per heavy atom. The molecule has 4 nitrogen and oxygen atoms in total. The Labute approximate surface area is 92.2 Å². The number of carbonyl (C=O) groups is 1. The summed E-state index contributed by atoms with van der Waals surface area (Å²) in [7, 11) is 0. The van der Waals surface area contributed by atoms with Crippen molar-refractivity contribution >= 4 is 5.91 Å². The number of carbonyl (C=O) groups excluding carboxylic acids is 1. The molecule has 0 saturated heterocycles. The first kappa shape index (κ1) is 14.4. The molecule has 0 radical (unpaired) electrons. The van der Waals surface area contributed by atoms with Gasteiger partial charge in [0, 0.05) is 13.1 Å². The normalized spacial score (nSPS) is 15.1. The van der Waals surface area contributed by atoms with Gasteiger partial charge in [0.1, 0.15) is 0 Å². The average Bonchev–Trinajstić information content (AvgIpc) is 2.21. The van der Waals surface area contributed by atoms with Crippen LogP contribution in [0.3, 0.4) is 0 Å². The van der Waals surface area contributed by atoms with E-state index in [-0.39, 0.29) is 17.7 Å². The third kappa shape index (κ3) is 5.74. The van der Waals surface area contributed by atoms with Crippen molar-refractivity contribution in [2.75, 3.05) is 13.1 Å². The van der Waals surface area contributed by atoms with Crippen LogP contribution in [0.1, 0.15) is 33.6 Å². The van der Waals surface area contributed by atoms with Gasteiger partial charge in [-0.3, -0.25) is 4.79 Å². The predicted molar refractivity (Wildman–Crippen MR) is 61.3 cm³/mol. The van der Waals surface area contributed by atoms with Crippen molar-refractivity contribution in [3.05, 3.63) is 0 Å². The zero-order valence-electron chi connectivity index (χ0n) is 9.99. The first-order chi connectivity index (χ1) is 7.02. The highest BCUT2D eigenvalue weighted by atomic mass is 16.3. The summed E-state index contributed by atoms with van der Waals surface area (Å²) < 4.78 is 0. The van der Waals surface area contributed by atoms with E-state index in [0.29, 0.717) is 13.1 Å². The Balaban J connectivity index is 3.90. The first-order valence-corrected chi connectivity index (χ1v) is 5.68. The molecule has 0 aromatic rings. The van der Waals surface area contributed by atoms with Crippen LogP contribution in [0.15, 0.2) is 0 Å². The van der Waals surface area contributed by atoms with Crippen LogP contribution in [-0.4, -0.2) is 30.2 Å². The fourth-order valence-corrected chi connectivity index (χ4v) is 1.29. The molecule has 15 heavy (non-hydrogen) atoms. The molecular weight excluding hydrogens is 192 g/mol. The summed E-state index contributed by atoms with van der Waals surface area (Å²) in [6, 6.07) is 0. The molecule has 0 aromatic heterocycles. The van der Waals surface area contributed by atoms with Crippen molar-refractivity contribution in [3.63, 3.8) is 0 Å². The Kier molecular flexibility index (Phi) is 7.34. The van der Waals surface area contributed by atoms with Gasteiger partial charge in [0.15, 0.2) is 0 Å². The fraction of sp³-hybridized carbons (Fsp3) is 0.909. The molecule has 0 fully saturated rings. The Bertz CT molecular complexity index is 183. The highest BCUT2D eigenvalue weighted by Crippen LogP contribution is 2.05. The molecule has 4 N–H and O–H groups in total. The maximum absolute atomic E-state index is 11.6. The van der Waals surface area contributed by atoms with Crippen molar-refractivity contribution in [1.82, 2.24) is 5.32 Å². The minimum absolute atomic E-state index is 0.0425. The van der Waals surface area contributed by atoms with E-state index in [1.165, 1.54) is 0 Å². The molecule has 0 saturated carbocycles. The second-order valence-corrected chi connectivity index (χ2v) is 4.28. The van der Waals surface area contributed by atoms with Gasteiger partial charge in [0.25, 0.3) is 0 Å². The predicted octanol–water partition coefficient (Wildman–Crippen LogP) is 0.495. The summed E-state index contributed by atoms with van der Waals surface area (Å²) in [5.41, 5.74) is 5.50. The summed E-state index contributed by atoms with van der Waals surface area (Å²) in [6.07, 6.45) is 1.27. The van der Waals surface area contributed by atoms with Crippen LogP contribution in [0.5, 0.6) is 0 Å². The summed E-state index contributed by atoms with van der Waals surface area (Å²) in [5.74, 6) is 0.00112. The highest BCUT2D eigenvalue weighted by molar-refractivity contribution is 5.78. The number of hydrogen-bond acceptors (Lipinski definition) is 3. The average molecular weight is 216 g/mol. The monoisotopic (exact) mass is 216 g/mol. The van der Waals surface area contributed by atoms with Crippen LogP contribution in [-0.2, 0) is 4.79 Å². The molecule has 0 aromatic carbocycles. The van der Waals surface area contributed by atoms with Crippen molar-refractivity contribution in [1.29, 1.82) is 0 Å². The van der Waals surface area contributed by atoms with Gasteiger partial charge >= 0.3 is 0 Å². The number of nitrogens with one attached hydrogen (secondary N) is 1. The molecular formula is C11H24N2O2. The zero-order chi connectivity index (χ0) is 11.8. The van der Waals surface area contributed by atoms with Gasteiger partial charge in [-0.25, -0.2) is 0 Å². The quantitative estimate of drug-likeness (QED) is 0.580. The van der Waals surface area contributed by atoms with Crippen molar-refractivity contribution in [2.45, 2.75) is 39.7 Å². The Hall–Kier alpha value is -0.610. The lowest BCUT2D eigenvalue weighted by atomic mass is 10.0. The molecule has 0 aliphatic carbocycles. The molecule has 1 amide bonds. The van der Waals surface area contributed by atoms with Crippen molar-refractivity contribution in [2.24, 2.45) is 17.6 Å². The molecule has 0 bridgehead atoms. The first-order valence-electron chi connectivity index (χ1n) is 5.68. The van der Waals surface area contributed by atoms with E-state index in [2.05, 4.69) is 5.32 Å². The van der Waals surface area contributed by atoms with Crippen LogP contribution in [0.2, 0.25) is 0 Å². The standard InChI is InChI=1S/C11H24N2O2/c1-4-5-9(6-12)11(15)13-7-10(14)8(2)3/h8-10,14H,4-7,12H2,1-3H3,(H,13,15). The largest absolute Gasteiger partial charge is 0.391 e. The Morgan fingerprint density at radius 3 is 2.47 bits per heavy atom. The van der Waals surface area contributed by atoms with E-state index in [1.54, 1.807) is 0 Å². The summed E-state index contributed by atoms with van der Waals surface area (Å²) in [5, 5.41) is 12.2. The van der Waals surface area contributed by atoms with Gasteiger partial charge < -0.3 is 16.2 Å². The number of rotatable bonds is 7. The van der Waals surface area contributed by atoms with Gasteiger partial charge in [-0.15, -0.1) is 0 Å². The molecule has 0 heterocycles. The number of aliphatic hydroxyl groups excluding tert-OH is 1. The van der Waals surface area contributed by atoms with Gasteiger partial charge in [0.2, 0.25) is 5.91 Å². The lowest BCUT2D eigenvalue weighted by Gasteiger charge is -2.18. The minimum atomic E-state index is -0.478. The van der Waals surface area contributed by atoms with Crippen LogP contribution < -0.4 is 11.1 Å². The van der Waals surface area contributed by atoms with E-state index in [9.17, 15) is 9.90 Å². The topological polar surface area (TPSA) is 75.4 Å². The van der Waals surface area contributed by atoms with Gasteiger partial charge in [-0.05, 0) is 12.3 Å². The molecule has 4 heteroatoms. The second-order valence-electron chi connectivity index (χ2n) is 4.28. The van der Waals surface area contributed by atoms with Crippen LogP contribution in [0, 0.1) is 11.8 Å². The van der Waals surface area contributed by atoms with Crippen LogP contribution >= 0.6 is 0 Å². The third-order valence-electron chi connectivity index (χ3n) is 2.55. The molecule has 0 aliphatic heterocycles. The third-order valence-corrected chi connectivity index (χ3v) is 2.55. The second kappa shape index (κ2) is 7.65. The smallest absolute Gasteiger partial charge is 0.224 e. The van der Waals surface area contributed by atoms with Crippen molar-refractivity contribution in [3.8, 4) is 0 Å². The van der Waals surface area contributed by atoms with E-state index in [0.717, 1.165) is 12.8 Å². The van der Waals surface area contributed by atoms with Crippen molar-refractivity contribution < 1.29 is 9.90 Å². The SMILES string of the molecule is CCCC(CN)C(=O)NCC(O)C(C)C. The fourth-order valence-electron chi connectivity index (χ4n) is 1.29. The molecule has 2 atom stereocenters. The van der Waals surface area contributed by atoms with Gasteiger partial charge in [0.05, 0.1) is 12.0 Å². The maximum Gasteiger partial charge on any atom is 0.224 e. The maximum atomic E-state index is 11.6. The summed E-state index contributed by atoms with van der Waals surface area (Å²) >= 11 is 0. The van der Waals surface area contributed by atoms with E-state index < -0.39 is 6.10 Å². The molecule has 90 valence electrons. The Morgan fingerprint density at radius 2 is 2.07 bits per heavy atom. The highest BCUT2D eigenvalue weighted by Gasteiger charge is 2.17. The molecule has 2 unspecified atom stereocenters. The molecule has 0 rings (SSSR count). The lowest BCUT2D eigenvalue weighted by molar-refractivity contribution is -0.125. The van der Waals surface area contributed by atoms with E-state index in [4.69, 9.17) is 5.73 Å². The van der Waals surface area contributed by atoms with E-state index >= 15 is 0 Å².